The largest absolute Gasteiger partial charge is 0.469 e. The standard InChI is InChI=1S/C18H24BNO3/c1-12-8-14(19)9-13(2)16(12)10-15(21)11-18(17(22)23-3)4-6-20-7-5-18/h8-9,20H,4-7,10-11H2,1-3H3. The van der Waals surface area contributed by atoms with Crippen LogP contribution in [0.5, 0.6) is 0 Å². The molecule has 0 aromatic heterocycles. The minimum atomic E-state index is -0.674. The van der Waals surface area contributed by atoms with E-state index in [0.717, 1.165) is 29.8 Å². The monoisotopic (exact) mass is 313 g/mol. The Balaban J connectivity index is 2.15. The van der Waals surface area contributed by atoms with Crippen molar-refractivity contribution < 1.29 is 14.3 Å². The zero-order valence-corrected chi connectivity index (χ0v) is 14.2. The lowest BCUT2D eigenvalue weighted by molar-refractivity contribution is -0.156. The lowest BCUT2D eigenvalue weighted by Gasteiger charge is -2.34. The summed E-state index contributed by atoms with van der Waals surface area (Å²) in [5, 5.41) is 3.23. The van der Waals surface area contributed by atoms with Crippen LogP contribution in [0.2, 0.25) is 0 Å². The highest BCUT2D eigenvalue weighted by Crippen LogP contribution is 2.35. The molecule has 1 aliphatic heterocycles. The Labute approximate surface area is 139 Å². The Morgan fingerprint density at radius 1 is 1.22 bits per heavy atom. The van der Waals surface area contributed by atoms with Gasteiger partial charge in [0.1, 0.15) is 13.6 Å². The molecule has 1 aromatic carbocycles. The van der Waals surface area contributed by atoms with Crippen molar-refractivity contribution >= 4 is 25.1 Å². The molecule has 1 N–H and O–H groups in total. The van der Waals surface area contributed by atoms with Gasteiger partial charge in [-0.15, -0.1) is 0 Å². The van der Waals surface area contributed by atoms with Gasteiger partial charge in [-0.25, -0.2) is 0 Å². The van der Waals surface area contributed by atoms with E-state index in [1.165, 1.54) is 7.11 Å². The average Bonchev–Trinajstić information content (AvgIpc) is 2.51. The summed E-state index contributed by atoms with van der Waals surface area (Å²) < 4.78 is 4.97. The quantitative estimate of drug-likeness (QED) is 0.654. The van der Waals surface area contributed by atoms with E-state index < -0.39 is 5.41 Å². The van der Waals surface area contributed by atoms with Crippen molar-refractivity contribution in [3.05, 3.63) is 28.8 Å². The Morgan fingerprint density at radius 3 is 2.30 bits per heavy atom. The molecule has 0 amide bonds. The minimum absolute atomic E-state index is 0.0771. The molecule has 1 saturated heterocycles. The molecular weight excluding hydrogens is 289 g/mol. The molecule has 5 heteroatoms. The molecular formula is C18H24BNO3. The van der Waals surface area contributed by atoms with Crippen LogP contribution in [-0.2, 0) is 20.7 Å². The summed E-state index contributed by atoms with van der Waals surface area (Å²) in [6, 6.07) is 3.77. The van der Waals surface area contributed by atoms with Gasteiger partial charge in [-0.3, -0.25) is 9.59 Å². The van der Waals surface area contributed by atoms with Crippen molar-refractivity contribution in [1.82, 2.24) is 5.32 Å². The summed E-state index contributed by atoms with van der Waals surface area (Å²) in [7, 11) is 7.23. The molecule has 2 rings (SSSR count). The summed E-state index contributed by atoms with van der Waals surface area (Å²) in [4.78, 5) is 24.9. The molecule has 0 unspecified atom stereocenters. The average molecular weight is 313 g/mol. The third-order valence-electron chi connectivity index (χ3n) is 4.81. The zero-order chi connectivity index (χ0) is 17.0. The van der Waals surface area contributed by atoms with Crippen LogP contribution < -0.4 is 10.8 Å². The number of esters is 1. The van der Waals surface area contributed by atoms with E-state index in [-0.39, 0.29) is 18.2 Å². The summed E-state index contributed by atoms with van der Waals surface area (Å²) in [6.45, 7) is 5.41. The van der Waals surface area contributed by atoms with Crippen molar-refractivity contribution in [3.63, 3.8) is 0 Å². The van der Waals surface area contributed by atoms with Crippen molar-refractivity contribution in [2.45, 2.75) is 39.5 Å². The third kappa shape index (κ3) is 4.02. The first-order chi connectivity index (χ1) is 10.9. The van der Waals surface area contributed by atoms with Crippen LogP contribution in [0.3, 0.4) is 0 Å². The second-order valence-electron chi connectivity index (χ2n) is 6.55. The van der Waals surface area contributed by atoms with E-state index in [4.69, 9.17) is 12.6 Å². The Kier molecular flexibility index (Phi) is 5.63. The molecule has 1 heterocycles. The number of hydrogen-bond donors (Lipinski definition) is 1. The topological polar surface area (TPSA) is 55.4 Å². The number of rotatable bonds is 5. The first kappa shape index (κ1) is 17.7. The Morgan fingerprint density at radius 2 is 1.78 bits per heavy atom. The van der Waals surface area contributed by atoms with E-state index in [9.17, 15) is 9.59 Å². The number of piperidine rings is 1. The van der Waals surface area contributed by atoms with Crippen LogP contribution in [0.25, 0.3) is 0 Å². The maximum Gasteiger partial charge on any atom is 0.312 e. The van der Waals surface area contributed by atoms with Gasteiger partial charge in [-0.05, 0) is 56.5 Å². The minimum Gasteiger partial charge on any atom is -0.469 e. The molecule has 1 aromatic rings. The highest BCUT2D eigenvalue weighted by Gasteiger charge is 2.42. The van der Waals surface area contributed by atoms with Crippen molar-refractivity contribution in [3.8, 4) is 0 Å². The van der Waals surface area contributed by atoms with Gasteiger partial charge >= 0.3 is 5.97 Å². The number of methoxy groups -OCH3 is 1. The van der Waals surface area contributed by atoms with Crippen molar-refractivity contribution in [2.24, 2.45) is 5.41 Å². The van der Waals surface area contributed by atoms with Gasteiger partial charge in [-0.1, -0.05) is 17.6 Å². The fourth-order valence-electron chi connectivity index (χ4n) is 3.52. The Hall–Kier alpha value is -1.62. The second-order valence-corrected chi connectivity index (χ2v) is 6.55. The number of ketones is 1. The summed E-state index contributed by atoms with van der Waals surface area (Å²) in [6.07, 6.45) is 1.87. The molecule has 1 fully saturated rings. The molecule has 122 valence electrons. The van der Waals surface area contributed by atoms with Crippen molar-refractivity contribution in [1.29, 1.82) is 0 Å². The Bertz CT molecular complexity index is 583. The second kappa shape index (κ2) is 7.30. The highest BCUT2D eigenvalue weighted by atomic mass is 16.5. The van der Waals surface area contributed by atoms with E-state index in [1.54, 1.807) is 0 Å². The molecule has 2 radical (unpaired) electrons. The zero-order valence-electron chi connectivity index (χ0n) is 14.2. The van der Waals surface area contributed by atoms with Gasteiger partial charge < -0.3 is 10.1 Å². The lowest BCUT2D eigenvalue weighted by Crippen LogP contribution is -2.44. The maximum atomic E-state index is 12.6. The fraction of sp³-hybridized carbons (Fsp3) is 0.556. The molecule has 4 nitrogen and oxygen atoms in total. The molecule has 0 atom stereocenters. The maximum absolute atomic E-state index is 12.6. The van der Waals surface area contributed by atoms with Crippen LogP contribution in [0.15, 0.2) is 12.1 Å². The number of aryl methyl sites for hydroxylation is 2. The summed E-state index contributed by atoms with van der Waals surface area (Å²) in [5.74, 6) is -0.189. The van der Waals surface area contributed by atoms with E-state index in [0.29, 0.717) is 24.7 Å². The predicted molar refractivity (Wildman–Crippen MR) is 91.2 cm³/mol. The van der Waals surface area contributed by atoms with E-state index in [2.05, 4.69) is 5.32 Å². The van der Waals surface area contributed by atoms with Crippen LogP contribution in [0.1, 0.15) is 36.0 Å². The van der Waals surface area contributed by atoms with Crippen LogP contribution >= 0.6 is 0 Å². The number of benzene rings is 1. The number of carbonyl (C=O) groups is 2. The van der Waals surface area contributed by atoms with Gasteiger partial charge in [-0.2, -0.15) is 0 Å². The SMILES string of the molecule is [B]c1cc(C)c(CC(=O)CC2(C(=O)OC)CCNCC2)c(C)c1. The molecule has 1 aliphatic rings. The van der Waals surface area contributed by atoms with Gasteiger partial charge in [0, 0.05) is 12.8 Å². The fourth-order valence-corrected chi connectivity index (χ4v) is 3.52. The van der Waals surface area contributed by atoms with Gasteiger partial charge in [0.25, 0.3) is 0 Å². The molecule has 23 heavy (non-hydrogen) atoms. The molecule has 0 saturated carbocycles. The van der Waals surface area contributed by atoms with Crippen LogP contribution in [0, 0.1) is 19.3 Å². The van der Waals surface area contributed by atoms with E-state index in [1.807, 2.05) is 26.0 Å². The van der Waals surface area contributed by atoms with Gasteiger partial charge in [0.15, 0.2) is 0 Å². The number of ether oxygens (including phenoxy) is 1. The smallest absolute Gasteiger partial charge is 0.312 e. The normalized spacial score (nSPS) is 16.8. The van der Waals surface area contributed by atoms with Crippen LogP contribution in [-0.4, -0.2) is 39.8 Å². The molecule has 0 spiro atoms. The third-order valence-corrected chi connectivity index (χ3v) is 4.81. The highest BCUT2D eigenvalue weighted by molar-refractivity contribution is 6.32. The number of hydrogen-bond acceptors (Lipinski definition) is 4. The van der Waals surface area contributed by atoms with Gasteiger partial charge in [0.2, 0.25) is 0 Å². The summed E-state index contributed by atoms with van der Waals surface area (Å²) in [5.41, 5.74) is 3.09. The van der Waals surface area contributed by atoms with Crippen LogP contribution in [0.4, 0.5) is 0 Å². The first-order valence-electron chi connectivity index (χ1n) is 8.04. The first-order valence-corrected chi connectivity index (χ1v) is 8.04. The lowest BCUT2D eigenvalue weighted by atomic mass is 9.74. The molecule has 0 aliphatic carbocycles. The van der Waals surface area contributed by atoms with E-state index >= 15 is 0 Å². The molecule has 0 bridgehead atoms. The predicted octanol–water partition coefficient (Wildman–Crippen LogP) is 1.14. The summed E-state index contributed by atoms with van der Waals surface area (Å²) >= 11 is 0. The van der Waals surface area contributed by atoms with Gasteiger partial charge in [0.05, 0.1) is 12.5 Å². The number of Topliss-reactive ketones (excluding diaryl/α,β-unsaturated/α-hetero) is 1. The van der Waals surface area contributed by atoms with Crippen molar-refractivity contribution in [2.75, 3.05) is 20.2 Å². The number of nitrogens with one attached hydrogen (secondary N) is 1. The number of carbonyl (C=O) groups excluding carboxylic acids is 2.